The maximum Gasteiger partial charge on any atom is -0.00928 e. The molecule has 0 nitrogen and oxygen atoms in total. The lowest BCUT2D eigenvalue weighted by Gasteiger charge is -2.24. The summed E-state index contributed by atoms with van der Waals surface area (Å²) in [5, 5.41) is 0. The third kappa shape index (κ3) is 6.94. The summed E-state index contributed by atoms with van der Waals surface area (Å²) in [5.74, 6) is 0. The van der Waals surface area contributed by atoms with Crippen molar-refractivity contribution < 1.29 is 0 Å². The van der Waals surface area contributed by atoms with E-state index in [2.05, 4.69) is 291 Å². The molecule has 13 aromatic carbocycles. The highest BCUT2D eigenvalue weighted by molar-refractivity contribution is 6.07. The Morgan fingerprint density at radius 1 is 0.0897 bits per heavy atom. The molecule has 0 radical (unpaired) electrons. The second-order valence-corrected chi connectivity index (χ2v) is 21.0. The van der Waals surface area contributed by atoms with Gasteiger partial charge in [-0.2, -0.15) is 0 Å². The van der Waals surface area contributed by atoms with E-state index in [1.807, 2.05) is 0 Å². The Labute approximate surface area is 455 Å². The molecule has 16 rings (SSSR count). The Kier molecular flexibility index (Phi) is 10.0. The Morgan fingerprint density at radius 2 is 0.218 bits per heavy atom. The zero-order valence-electron chi connectivity index (χ0n) is 42.7. The molecule has 0 N–H and O–H groups in total. The third-order valence-electron chi connectivity index (χ3n) is 16.8. The molecule has 0 heterocycles. The molecule has 0 amide bonds. The molecule has 3 aliphatic rings. The van der Waals surface area contributed by atoms with Crippen LogP contribution >= 0.6 is 0 Å². The minimum absolute atomic E-state index is 1.16. The molecule has 0 bridgehead atoms. The molecule has 0 fully saturated rings. The summed E-state index contributed by atoms with van der Waals surface area (Å²) in [7, 11) is 0. The van der Waals surface area contributed by atoms with E-state index < -0.39 is 0 Å². The summed E-state index contributed by atoms with van der Waals surface area (Å²) in [4.78, 5) is 0. The highest BCUT2D eigenvalue weighted by atomic mass is 14.3. The maximum absolute atomic E-state index is 2.46. The van der Waals surface area contributed by atoms with Crippen LogP contribution in [0.25, 0.3) is 167 Å². The second-order valence-electron chi connectivity index (χ2n) is 21.0. The van der Waals surface area contributed by atoms with Crippen LogP contribution in [0.15, 0.2) is 291 Å². The largest absolute Gasteiger partial charge is 0.0616 e. The van der Waals surface area contributed by atoms with Crippen LogP contribution in [-0.4, -0.2) is 0 Å². The molecule has 0 spiro atoms. The normalized spacial score (nSPS) is 11.8. The first-order chi connectivity index (χ1) is 38.7. The van der Waals surface area contributed by atoms with E-state index in [9.17, 15) is 0 Å². The minimum atomic E-state index is 1.16. The Bertz CT molecular complexity index is 4120. The van der Waals surface area contributed by atoms with Gasteiger partial charge in [-0.05, 0) is 203 Å². The quantitative estimate of drug-likeness (QED) is 0.165. The Morgan fingerprint density at radius 3 is 0.372 bits per heavy atom. The molecule has 0 atom stereocenters. The van der Waals surface area contributed by atoms with Crippen LogP contribution in [0.4, 0.5) is 0 Å². The van der Waals surface area contributed by atoms with Gasteiger partial charge in [-0.15, -0.1) is 0 Å². The standard InChI is InChI=1S/C78H48/c1-4-22-58-55(19-1)61-25-7-10-31-67(61)73-40-37-49(46-76(73)70-34-16-13-28-64(58)70)52-43-53(50-38-41-74-68-32-11-8-26-62(68)56-20-2-5-23-59(56)65-29-14-17-35-71(65)77(74)47-50)45-54(44-52)51-39-42-75-69-33-12-9-27-63(69)57-21-3-6-24-60(57)66-30-15-18-36-72(66)78(75)48-51/h1-48H. The van der Waals surface area contributed by atoms with Gasteiger partial charge in [0.15, 0.2) is 0 Å². The average Bonchev–Trinajstić information content (AvgIpc) is 3.71. The van der Waals surface area contributed by atoms with Crippen molar-refractivity contribution in [3.8, 4) is 167 Å². The maximum atomic E-state index is 2.46. The first-order valence-corrected chi connectivity index (χ1v) is 27.1. The van der Waals surface area contributed by atoms with Gasteiger partial charge >= 0.3 is 0 Å². The number of benzene rings is 13. The minimum Gasteiger partial charge on any atom is -0.0616 e. The zero-order chi connectivity index (χ0) is 51.3. The van der Waals surface area contributed by atoms with Gasteiger partial charge in [0.2, 0.25) is 0 Å². The van der Waals surface area contributed by atoms with E-state index in [-0.39, 0.29) is 0 Å². The van der Waals surface area contributed by atoms with Crippen molar-refractivity contribution >= 4 is 0 Å². The van der Waals surface area contributed by atoms with Gasteiger partial charge in [0.1, 0.15) is 0 Å². The van der Waals surface area contributed by atoms with Gasteiger partial charge in [0, 0.05) is 0 Å². The van der Waals surface area contributed by atoms with Crippen LogP contribution in [0, 0.1) is 0 Å². The van der Waals surface area contributed by atoms with Crippen LogP contribution in [0.3, 0.4) is 0 Å². The molecule has 78 heavy (non-hydrogen) atoms. The van der Waals surface area contributed by atoms with E-state index in [1.54, 1.807) is 0 Å². The fourth-order valence-corrected chi connectivity index (χ4v) is 13.2. The molecule has 0 aromatic heterocycles. The molecule has 0 aliphatic heterocycles. The van der Waals surface area contributed by atoms with Crippen molar-refractivity contribution in [2.75, 3.05) is 0 Å². The van der Waals surface area contributed by atoms with Crippen molar-refractivity contribution in [2.45, 2.75) is 0 Å². The fourth-order valence-electron chi connectivity index (χ4n) is 13.2. The highest BCUT2D eigenvalue weighted by Crippen LogP contribution is 2.53. The van der Waals surface area contributed by atoms with Gasteiger partial charge in [0.25, 0.3) is 0 Å². The lowest BCUT2D eigenvalue weighted by atomic mass is 9.79. The summed E-state index contributed by atoms with van der Waals surface area (Å²) < 4.78 is 0. The summed E-state index contributed by atoms with van der Waals surface area (Å²) in [5.41, 5.74) is 36.8. The highest BCUT2D eigenvalue weighted by Gasteiger charge is 2.26. The zero-order valence-corrected chi connectivity index (χ0v) is 42.7. The van der Waals surface area contributed by atoms with Crippen molar-refractivity contribution in [1.29, 1.82) is 0 Å². The van der Waals surface area contributed by atoms with Gasteiger partial charge < -0.3 is 0 Å². The molecule has 0 unspecified atom stereocenters. The summed E-state index contributed by atoms with van der Waals surface area (Å²) in [6.07, 6.45) is 0. The molecule has 0 saturated heterocycles. The topological polar surface area (TPSA) is 0 Å². The van der Waals surface area contributed by atoms with E-state index in [0.717, 1.165) is 16.7 Å². The second kappa shape index (κ2) is 17.7. The molecular formula is C78H48. The first kappa shape index (κ1) is 44.2. The van der Waals surface area contributed by atoms with Crippen LogP contribution in [0.1, 0.15) is 0 Å². The van der Waals surface area contributed by atoms with Gasteiger partial charge in [-0.3, -0.25) is 0 Å². The van der Waals surface area contributed by atoms with Crippen molar-refractivity contribution in [3.05, 3.63) is 291 Å². The Balaban J connectivity index is 0.942. The number of rotatable bonds is 3. The monoisotopic (exact) mass is 984 g/mol. The van der Waals surface area contributed by atoms with Crippen molar-refractivity contribution in [2.24, 2.45) is 0 Å². The van der Waals surface area contributed by atoms with Gasteiger partial charge in [-0.25, -0.2) is 0 Å². The molecule has 3 aliphatic carbocycles. The first-order valence-electron chi connectivity index (χ1n) is 27.1. The molecule has 0 saturated carbocycles. The molecule has 360 valence electrons. The van der Waals surface area contributed by atoms with E-state index >= 15 is 0 Å². The molecular weight excluding hydrogens is 937 g/mol. The average molecular weight is 985 g/mol. The number of hydrogen-bond acceptors (Lipinski definition) is 0. The summed E-state index contributed by atoms with van der Waals surface area (Å²) in [6, 6.07) is 109. The summed E-state index contributed by atoms with van der Waals surface area (Å²) >= 11 is 0. The van der Waals surface area contributed by atoms with E-state index in [1.165, 1.54) is 150 Å². The van der Waals surface area contributed by atoms with Crippen LogP contribution in [0.5, 0.6) is 0 Å². The van der Waals surface area contributed by atoms with E-state index in [0.29, 0.717) is 0 Å². The van der Waals surface area contributed by atoms with Crippen molar-refractivity contribution in [1.82, 2.24) is 0 Å². The summed E-state index contributed by atoms with van der Waals surface area (Å²) in [6.45, 7) is 0. The van der Waals surface area contributed by atoms with Gasteiger partial charge in [-0.1, -0.05) is 255 Å². The molecule has 0 heteroatoms. The van der Waals surface area contributed by atoms with Gasteiger partial charge in [0.05, 0.1) is 0 Å². The number of fused-ring (bicyclic) bond motifs is 24. The fraction of sp³-hybridized carbons (Fsp3) is 0. The lowest BCUT2D eigenvalue weighted by molar-refractivity contribution is 1.50. The SMILES string of the molecule is c1ccc2c(c1)-c1ccccc1-c1ccc(-c3cc(-c4ccc5c(c4)-c4ccccc4-c4ccccc4-c4ccccc4-5)cc(-c4ccc5c(c4)-c4ccccc4-c4ccccc4-c4ccccc4-5)c3)cc1-c1ccccc1-2. The van der Waals surface area contributed by atoms with E-state index in [4.69, 9.17) is 0 Å². The van der Waals surface area contributed by atoms with Crippen LogP contribution in [-0.2, 0) is 0 Å². The number of hydrogen-bond donors (Lipinski definition) is 0. The lowest BCUT2D eigenvalue weighted by Crippen LogP contribution is -1.98. The Hall–Kier alpha value is -10.1. The van der Waals surface area contributed by atoms with Crippen molar-refractivity contribution in [3.63, 3.8) is 0 Å². The van der Waals surface area contributed by atoms with Crippen LogP contribution in [0.2, 0.25) is 0 Å². The smallest absolute Gasteiger partial charge is 0.00928 e. The van der Waals surface area contributed by atoms with Crippen LogP contribution < -0.4 is 0 Å². The third-order valence-corrected chi connectivity index (χ3v) is 16.8. The predicted octanol–water partition coefficient (Wildman–Crippen LogP) is 21.6. The molecule has 13 aromatic rings. The predicted molar refractivity (Wildman–Crippen MR) is 329 cm³/mol.